The van der Waals surface area contributed by atoms with Crippen molar-refractivity contribution in [2.24, 2.45) is 0 Å². The van der Waals surface area contributed by atoms with Crippen LogP contribution in [0, 0.1) is 0 Å². The Hall–Kier alpha value is -1.57. The van der Waals surface area contributed by atoms with Gasteiger partial charge < -0.3 is 5.73 Å². The van der Waals surface area contributed by atoms with Crippen LogP contribution >= 0.6 is 0 Å². The van der Waals surface area contributed by atoms with Gasteiger partial charge in [-0.05, 0) is 13.8 Å². The molecule has 0 aliphatic carbocycles. The molecule has 0 radical (unpaired) electrons. The molecule has 1 rings (SSSR count). The summed E-state index contributed by atoms with van der Waals surface area (Å²) in [6, 6.07) is 0. The van der Waals surface area contributed by atoms with Gasteiger partial charge in [0.1, 0.15) is 5.69 Å². The van der Waals surface area contributed by atoms with E-state index in [-0.39, 0.29) is 18.0 Å². The van der Waals surface area contributed by atoms with Crippen LogP contribution in [-0.4, -0.2) is 29.0 Å². The van der Waals surface area contributed by atoms with Crippen molar-refractivity contribution >= 4 is 15.5 Å². The molecule has 0 aromatic carbocycles. The third-order valence-electron chi connectivity index (χ3n) is 2.37. The average Bonchev–Trinajstić information content (AvgIpc) is 2.21. The summed E-state index contributed by atoms with van der Waals surface area (Å²) in [5, 5.41) is -0.502. The molecule has 8 heteroatoms. The molecule has 1 aromatic rings. The van der Waals surface area contributed by atoms with Crippen molar-refractivity contribution in [1.29, 1.82) is 0 Å². The lowest BCUT2D eigenvalue weighted by Gasteiger charge is -2.09. The predicted octanol–water partition coefficient (Wildman–Crippen LogP) is -1.06. The van der Waals surface area contributed by atoms with Gasteiger partial charge in [0, 0.05) is 12.7 Å². The summed E-state index contributed by atoms with van der Waals surface area (Å²) >= 11 is 0. The van der Waals surface area contributed by atoms with E-state index in [0.29, 0.717) is 0 Å². The van der Waals surface area contributed by atoms with Gasteiger partial charge in [0.25, 0.3) is 5.56 Å². The number of aromatic amines is 1. The van der Waals surface area contributed by atoms with Crippen molar-refractivity contribution in [3.63, 3.8) is 0 Å². The minimum absolute atomic E-state index is 0.0275. The summed E-state index contributed by atoms with van der Waals surface area (Å²) in [6.07, 6.45) is 1.15. The number of aryl methyl sites for hydroxylation is 1. The zero-order valence-corrected chi connectivity index (χ0v) is 10.5. The number of H-pyrrole nitrogens is 1. The van der Waals surface area contributed by atoms with Gasteiger partial charge in [-0.3, -0.25) is 14.3 Å². The number of nitrogen functional groups attached to an aromatic ring is 1. The molecular formula is C9H15N3O4S. The Morgan fingerprint density at radius 1 is 1.41 bits per heavy atom. The fourth-order valence-electron chi connectivity index (χ4n) is 1.15. The van der Waals surface area contributed by atoms with E-state index in [1.807, 2.05) is 4.98 Å². The van der Waals surface area contributed by atoms with Crippen molar-refractivity contribution in [2.75, 3.05) is 11.5 Å². The molecule has 7 nitrogen and oxygen atoms in total. The van der Waals surface area contributed by atoms with Gasteiger partial charge in [0.2, 0.25) is 0 Å². The lowest BCUT2D eigenvalue weighted by Crippen LogP contribution is -2.33. The summed E-state index contributed by atoms with van der Waals surface area (Å²) in [4.78, 5) is 24.3. The Balaban J connectivity index is 2.96. The number of sulfone groups is 1. The van der Waals surface area contributed by atoms with Gasteiger partial charge in [0.15, 0.2) is 9.84 Å². The van der Waals surface area contributed by atoms with Gasteiger partial charge in [0.05, 0.1) is 11.0 Å². The maximum atomic E-state index is 11.5. The van der Waals surface area contributed by atoms with Gasteiger partial charge in [-0.2, -0.15) is 0 Å². The van der Waals surface area contributed by atoms with Crippen LogP contribution in [-0.2, 0) is 16.4 Å². The smallest absolute Gasteiger partial charge is 0.328 e. The topological polar surface area (TPSA) is 115 Å². The van der Waals surface area contributed by atoms with Crippen LogP contribution in [0.3, 0.4) is 0 Å². The first-order valence-corrected chi connectivity index (χ1v) is 6.76. The number of anilines is 1. The third-order valence-corrected chi connectivity index (χ3v) is 4.56. The summed E-state index contributed by atoms with van der Waals surface area (Å²) < 4.78 is 24.2. The second kappa shape index (κ2) is 4.74. The van der Waals surface area contributed by atoms with Crippen molar-refractivity contribution in [2.45, 2.75) is 25.6 Å². The van der Waals surface area contributed by atoms with Crippen molar-refractivity contribution in [3.8, 4) is 0 Å². The van der Waals surface area contributed by atoms with E-state index in [0.717, 1.165) is 10.8 Å². The Morgan fingerprint density at radius 2 is 2.00 bits per heavy atom. The highest BCUT2D eigenvalue weighted by atomic mass is 32.2. The van der Waals surface area contributed by atoms with Crippen molar-refractivity contribution in [3.05, 3.63) is 27.0 Å². The number of hydrogen-bond acceptors (Lipinski definition) is 5. The number of nitrogens with zero attached hydrogens (tertiary/aromatic N) is 1. The Kier molecular flexibility index (Phi) is 3.76. The SMILES string of the molecule is CC(C)S(=O)(=O)CCn1cc(N)c(=O)[nH]c1=O. The number of rotatable bonds is 4. The van der Waals surface area contributed by atoms with Gasteiger partial charge in [-0.15, -0.1) is 0 Å². The largest absolute Gasteiger partial charge is 0.393 e. The molecule has 1 aromatic heterocycles. The Labute approximate surface area is 98.2 Å². The summed E-state index contributed by atoms with van der Waals surface area (Å²) in [7, 11) is -3.23. The van der Waals surface area contributed by atoms with Gasteiger partial charge >= 0.3 is 5.69 Å². The predicted molar refractivity (Wildman–Crippen MR) is 64.7 cm³/mol. The second-order valence-corrected chi connectivity index (χ2v) is 6.63. The Bertz CT molecular complexity index is 612. The molecule has 0 unspecified atom stereocenters. The van der Waals surface area contributed by atoms with E-state index < -0.39 is 26.3 Å². The molecule has 0 saturated heterocycles. The molecule has 0 amide bonds. The van der Waals surface area contributed by atoms with Crippen molar-refractivity contribution < 1.29 is 8.42 Å². The van der Waals surface area contributed by atoms with E-state index in [1.54, 1.807) is 13.8 Å². The maximum absolute atomic E-state index is 11.5. The highest BCUT2D eigenvalue weighted by Crippen LogP contribution is 2.01. The number of aromatic nitrogens is 2. The summed E-state index contributed by atoms with van der Waals surface area (Å²) in [6.45, 7) is 3.11. The molecule has 96 valence electrons. The zero-order chi connectivity index (χ0) is 13.2. The van der Waals surface area contributed by atoms with Crippen LogP contribution < -0.4 is 17.0 Å². The van der Waals surface area contributed by atoms with E-state index in [4.69, 9.17) is 5.73 Å². The quantitative estimate of drug-likeness (QED) is 0.717. The normalized spacial score (nSPS) is 11.9. The zero-order valence-electron chi connectivity index (χ0n) is 9.63. The summed E-state index contributed by atoms with van der Waals surface area (Å²) in [5.41, 5.74) is 3.88. The fraction of sp³-hybridized carbons (Fsp3) is 0.556. The first-order chi connectivity index (χ1) is 7.74. The van der Waals surface area contributed by atoms with E-state index in [9.17, 15) is 18.0 Å². The molecule has 0 saturated carbocycles. The molecule has 0 spiro atoms. The maximum Gasteiger partial charge on any atom is 0.328 e. The van der Waals surface area contributed by atoms with Crippen LogP contribution in [0.4, 0.5) is 5.69 Å². The van der Waals surface area contributed by atoms with E-state index >= 15 is 0 Å². The third kappa shape index (κ3) is 3.19. The van der Waals surface area contributed by atoms with E-state index in [2.05, 4.69) is 0 Å². The lowest BCUT2D eigenvalue weighted by molar-refractivity contribution is 0.577. The molecule has 17 heavy (non-hydrogen) atoms. The first-order valence-electron chi connectivity index (χ1n) is 5.05. The van der Waals surface area contributed by atoms with Crippen LogP contribution in [0.1, 0.15) is 13.8 Å². The molecule has 0 aliphatic heterocycles. The second-order valence-electron chi connectivity index (χ2n) is 3.95. The van der Waals surface area contributed by atoms with Crippen molar-refractivity contribution in [1.82, 2.24) is 9.55 Å². The Morgan fingerprint density at radius 3 is 2.53 bits per heavy atom. The standard InChI is InChI=1S/C9H15N3O4S/c1-6(2)17(15,16)4-3-12-5-7(10)8(13)11-9(12)14/h5-6H,3-4,10H2,1-2H3,(H,11,13,14). The molecule has 0 bridgehead atoms. The molecular weight excluding hydrogens is 246 g/mol. The molecule has 1 heterocycles. The molecule has 0 aliphatic rings. The number of nitrogens with two attached hydrogens (primary N) is 1. The van der Waals surface area contributed by atoms with Gasteiger partial charge in [-0.1, -0.05) is 0 Å². The van der Waals surface area contributed by atoms with Crippen LogP contribution in [0.2, 0.25) is 0 Å². The van der Waals surface area contributed by atoms with Gasteiger partial charge in [-0.25, -0.2) is 13.2 Å². The fourth-order valence-corrected chi connectivity index (χ4v) is 2.08. The van der Waals surface area contributed by atoms with E-state index in [1.165, 1.54) is 0 Å². The first kappa shape index (κ1) is 13.5. The van der Waals surface area contributed by atoms with Crippen LogP contribution in [0.15, 0.2) is 15.8 Å². The van der Waals surface area contributed by atoms with Crippen LogP contribution in [0.5, 0.6) is 0 Å². The summed E-state index contributed by atoms with van der Waals surface area (Å²) in [5.74, 6) is -0.171. The monoisotopic (exact) mass is 261 g/mol. The minimum Gasteiger partial charge on any atom is -0.393 e. The minimum atomic E-state index is -3.23. The number of nitrogens with one attached hydrogen (secondary N) is 1. The molecule has 0 fully saturated rings. The lowest BCUT2D eigenvalue weighted by atomic mass is 10.5. The molecule has 3 N–H and O–H groups in total. The highest BCUT2D eigenvalue weighted by molar-refractivity contribution is 7.91. The highest BCUT2D eigenvalue weighted by Gasteiger charge is 2.16. The average molecular weight is 261 g/mol. The number of hydrogen-bond donors (Lipinski definition) is 2. The molecule has 0 atom stereocenters. The van der Waals surface area contributed by atoms with Crippen LogP contribution in [0.25, 0.3) is 0 Å².